The number of nitro groups is 1. The van der Waals surface area contributed by atoms with Crippen LogP contribution in [0.1, 0.15) is 24.1 Å². The van der Waals surface area contributed by atoms with Gasteiger partial charge in [0.15, 0.2) is 0 Å². The Morgan fingerprint density at radius 2 is 1.90 bits per heavy atom. The highest BCUT2D eigenvalue weighted by Gasteiger charge is 2.15. The van der Waals surface area contributed by atoms with Crippen LogP contribution in [-0.2, 0) is 6.54 Å². The average molecular weight is 325 g/mol. The van der Waals surface area contributed by atoms with Crippen LogP contribution in [0.15, 0.2) is 42.5 Å². The van der Waals surface area contributed by atoms with Crippen molar-refractivity contribution in [3.05, 3.63) is 73.8 Å². The molecule has 0 radical (unpaired) electrons. The zero-order valence-corrected chi connectivity index (χ0v) is 12.9. The van der Waals surface area contributed by atoms with Crippen molar-refractivity contribution in [2.24, 2.45) is 0 Å². The second-order valence-electron chi connectivity index (χ2n) is 4.63. The molecule has 0 heterocycles. The SMILES string of the molecule is CC(NCc1ccccc1[N+](=O)[O-])c1cccc(Cl)c1Cl. The molecule has 2 rings (SSSR count). The molecule has 4 nitrogen and oxygen atoms in total. The first-order chi connectivity index (χ1) is 10.0. The zero-order chi connectivity index (χ0) is 15.4. The van der Waals surface area contributed by atoms with Gasteiger partial charge in [-0.25, -0.2) is 0 Å². The van der Waals surface area contributed by atoms with E-state index in [2.05, 4.69) is 5.32 Å². The van der Waals surface area contributed by atoms with Crippen LogP contribution in [0.25, 0.3) is 0 Å². The average Bonchev–Trinajstić information content (AvgIpc) is 2.47. The summed E-state index contributed by atoms with van der Waals surface area (Å²) in [7, 11) is 0. The van der Waals surface area contributed by atoms with E-state index in [1.165, 1.54) is 6.07 Å². The highest BCUT2D eigenvalue weighted by Crippen LogP contribution is 2.30. The van der Waals surface area contributed by atoms with E-state index in [1.54, 1.807) is 24.3 Å². The van der Waals surface area contributed by atoms with Gasteiger partial charge in [-0.2, -0.15) is 0 Å². The molecular weight excluding hydrogens is 311 g/mol. The van der Waals surface area contributed by atoms with Crippen LogP contribution in [0, 0.1) is 10.1 Å². The van der Waals surface area contributed by atoms with Gasteiger partial charge in [-0.3, -0.25) is 10.1 Å². The Morgan fingerprint density at radius 3 is 2.62 bits per heavy atom. The van der Waals surface area contributed by atoms with Crippen molar-refractivity contribution in [1.82, 2.24) is 5.32 Å². The summed E-state index contributed by atoms with van der Waals surface area (Å²) in [6.07, 6.45) is 0. The minimum absolute atomic E-state index is 0.0731. The Labute approximate surface area is 132 Å². The Bertz CT molecular complexity index is 662. The minimum atomic E-state index is -0.381. The van der Waals surface area contributed by atoms with Crippen LogP contribution >= 0.6 is 23.2 Å². The van der Waals surface area contributed by atoms with Crippen molar-refractivity contribution in [3.63, 3.8) is 0 Å². The quantitative estimate of drug-likeness (QED) is 0.637. The van der Waals surface area contributed by atoms with Crippen molar-refractivity contribution < 1.29 is 4.92 Å². The van der Waals surface area contributed by atoms with Crippen molar-refractivity contribution >= 4 is 28.9 Å². The third-order valence-corrected chi connectivity index (χ3v) is 4.07. The van der Waals surface area contributed by atoms with E-state index in [0.29, 0.717) is 22.2 Å². The van der Waals surface area contributed by atoms with Crippen LogP contribution in [0.4, 0.5) is 5.69 Å². The van der Waals surface area contributed by atoms with Crippen LogP contribution in [0.2, 0.25) is 10.0 Å². The van der Waals surface area contributed by atoms with Crippen LogP contribution in [0.3, 0.4) is 0 Å². The number of nitrogens with zero attached hydrogens (tertiary/aromatic N) is 1. The number of hydrogen-bond donors (Lipinski definition) is 1. The van der Waals surface area contributed by atoms with Crippen LogP contribution < -0.4 is 5.32 Å². The first-order valence-corrected chi connectivity index (χ1v) is 7.16. The summed E-state index contributed by atoms with van der Waals surface area (Å²) in [5.41, 5.74) is 1.60. The van der Waals surface area contributed by atoms with Gasteiger partial charge in [0, 0.05) is 24.2 Å². The summed E-state index contributed by atoms with van der Waals surface area (Å²) in [5.74, 6) is 0. The molecule has 0 aliphatic rings. The van der Waals surface area contributed by atoms with E-state index in [4.69, 9.17) is 23.2 Å². The van der Waals surface area contributed by atoms with Crippen molar-refractivity contribution in [2.75, 3.05) is 0 Å². The maximum Gasteiger partial charge on any atom is 0.273 e. The molecule has 0 fully saturated rings. The lowest BCUT2D eigenvalue weighted by atomic mass is 10.1. The van der Waals surface area contributed by atoms with Gasteiger partial charge in [-0.05, 0) is 18.6 Å². The van der Waals surface area contributed by atoms with Gasteiger partial charge in [-0.1, -0.05) is 53.5 Å². The molecule has 0 aromatic heterocycles. The predicted octanol–water partition coefficient (Wildman–Crippen LogP) is 4.75. The van der Waals surface area contributed by atoms with Gasteiger partial charge in [0.1, 0.15) is 0 Å². The molecule has 2 aromatic rings. The number of rotatable bonds is 5. The van der Waals surface area contributed by atoms with E-state index in [1.807, 2.05) is 19.1 Å². The molecular formula is C15H14Cl2N2O2. The lowest BCUT2D eigenvalue weighted by Crippen LogP contribution is -2.19. The molecule has 0 saturated heterocycles. The Hall–Kier alpha value is -1.62. The Kier molecular flexibility index (Phi) is 5.17. The first kappa shape index (κ1) is 15.8. The first-order valence-electron chi connectivity index (χ1n) is 6.40. The van der Waals surface area contributed by atoms with E-state index >= 15 is 0 Å². The lowest BCUT2D eigenvalue weighted by Gasteiger charge is -2.16. The fourth-order valence-corrected chi connectivity index (χ4v) is 2.54. The molecule has 6 heteroatoms. The monoisotopic (exact) mass is 324 g/mol. The van der Waals surface area contributed by atoms with Gasteiger partial charge in [0.2, 0.25) is 0 Å². The predicted molar refractivity (Wildman–Crippen MR) is 84.8 cm³/mol. The van der Waals surface area contributed by atoms with Crippen molar-refractivity contribution in [3.8, 4) is 0 Å². The molecule has 1 unspecified atom stereocenters. The number of benzene rings is 2. The molecule has 0 aliphatic carbocycles. The van der Waals surface area contributed by atoms with Crippen molar-refractivity contribution in [2.45, 2.75) is 19.5 Å². The molecule has 0 spiro atoms. The molecule has 0 saturated carbocycles. The molecule has 110 valence electrons. The minimum Gasteiger partial charge on any atom is -0.306 e. The molecule has 21 heavy (non-hydrogen) atoms. The maximum absolute atomic E-state index is 11.0. The summed E-state index contributed by atoms with van der Waals surface area (Å²) in [5, 5.41) is 15.2. The molecule has 0 aliphatic heterocycles. The standard InChI is InChI=1S/C15H14Cl2N2O2/c1-10(12-6-4-7-13(16)15(12)17)18-9-11-5-2-3-8-14(11)19(20)21/h2-8,10,18H,9H2,1H3. The normalized spacial score (nSPS) is 12.1. The highest BCUT2D eigenvalue weighted by atomic mass is 35.5. The molecule has 0 bridgehead atoms. The van der Waals surface area contributed by atoms with E-state index < -0.39 is 0 Å². The summed E-state index contributed by atoms with van der Waals surface area (Å²) in [6, 6.07) is 12.0. The smallest absolute Gasteiger partial charge is 0.273 e. The lowest BCUT2D eigenvalue weighted by molar-refractivity contribution is -0.385. The van der Waals surface area contributed by atoms with Gasteiger partial charge in [0.25, 0.3) is 5.69 Å². The molecule has 2 aromatic carbocycles. The van der Waals surface area contributed by atoms with Gasteiger partial charge in [-0.15, -0.1) is 0 Å². The van der Waals surface area contributed by atoms with E-state index in [-0.39, 0.29) is 16.7 Å². The van der Waals surface area contributed by atoms with Gasteiger partial charge < -0.3 is 5.32 Å². The summed E-state index contributed by atoms with van der Waals surface area (Å²) in [6.45, 7) is 2.31. The number of nitro benzene ring substituents is 1. The molecule has 0 amide bonds. The number of nitrogens with one attached hydrogen (secondary N) is 1. The summed E-state index contributed by atoms with van der Waals surface area (Å²) in [4.78, 5) is 10.6. The topological polar surface area (TPSA) is 55.2 Å². The second-order valence-corrected chi connectivity index (χ2v) is 5.42. The molecule has 1 N–H and O–H groups in total. The van der Waals surface area contributed by atoms with Crippen LogP contribution in [0.5, 0.6) is 0 Å². The fourth-order valence-electron chi connectivity index (χ4n) is 2.07. The number of para-hydroxylation sites is 1. The largest absolute Gasteiger partial charge is 0.306 e. The van der Waals surface area contributed by atoms with Gasteiger partial charge >= 0.3 is 0 Å². The molecule has 1 atom stereocenters. The second kappa shape index (κ2) is 6.89. The van der Waals surface area contributed by atoms with Gasteiger partial charge in [0.05, 0.1) is 15.0 Å². The third-order valence-electron chi connectivity index (χ3n) is 3.23. The fraction of sp³-hybridized carbons (Fsp3) is 0.200. The van der Waals surface area contributed by atoms with Crippen molar-refractivity contribution in [1.29, 1.82) is 0 Å². The van der Waals surface area contributed by atoms with E-state index in [0.717, 1.165) is 5.56 Å². The van der Waals surface area contributed by atoms with Crippen LogP contribution in [-0.4, -0.2) is 4.92 Å². The van der Waals surface area contributed by atoms with E-state index in [9.17, 15) is 10.1 Å². The zero-order valence-electron chi connectivity index (χ0n) is 11.3. The number of hydrogen-bond acceptors (Lipinski definition) is 3. The number of halogens is 2. The Morgan fingerprint density at radius 1 is 1.19 bits per heavy atom. The highest BCUT2D eigenvalue weighted by molar-refractivity contribution is 6.42. The summed E-state index contributed by atoms with van der Waals surface area (Å²) < 4.78 is 0. The maximum atomic E-state index is 11.0. The third kappa shape index (κ3) is 3.73. The summed E-state index contributed by atoms with van der Waals surface area (Å²) >= 11 is 12.2. The Balaban J connectivity index is 2.13.